The van der Waals surface area contributed by atoms with Crippen LogP contribution in [0.25, 0.3) is 11.5 Å². The number of halogens is 1. The van der Waals surface area contributed by atoms with Gasteiger partial charge in [-0.05, 0) is 43.7 Å². The molecule has 2 aromatic carbocycles. The first-order valence-corrected chi connectivity index (χ1v) is 8.98. The van der Waals surface area contributed by atoms with Crippen LogP contribution in [0.5, 0.6) is 0 Å². The molecule has 1 aromatic heterocycles. The number of aromatic nitrogens is 2. The lowest BCUT2D eigenvalue weighted by Gasteiger charge is -2.09. The van der Waals surface area contributed by atoms with Gasteiger partial charge in [-0.2, -0.15) is 0 Å². The summed E-state index contributed by atoms with van der Waals surface area (Å²) in [4.78, 5) is 12.2. The predicted octanol–water partition coefficient (Wildman–Crippen LogP) is 3.98. The van der Waals surface area contributed by atoms with Gasteiger partial charge in [-0.1, -0.05) is 41.6 Å². The summed E-state index contributed by atoms with van der Waals surface area (Å²) in [5, 5.41) is 10.8. The number of aryl methyl sites for hydroxylation is 1. The Morgan fingerprint density at radius 1 is 1.15 bits per heavy atom. The maximum atomic E-state index is 12.9. The molecule has 1 heterocycles. The molecule has 0 unspecified atom stereocenters. The highest BCUT2D eigenvalue weighted by atomic mass is 32.2. The topological polar surface area (TPSA) is 68.0 Å². The van der Waals surface area contributed by atoms with Crippen LogP contribution in [0.3, 0.4) is 0 Å². The molecule has 7 heteroatoms. The fourth-order valence-corrected chi connectivity index (χ4v) is 2.92. The van der Waals surface area contributed by atoms with Crippen molar-refractivity contribution in [3.8, 4) is 11.5 Å². The zero-order valence-electron chi connectivity index (χ0n) is 14.4. The number of nitrogens with zero attached hydrogens (tertiary/aromatic N) is 2. The van der Waals surface area contributed by atoms with Gasteiger partial charge in [0.1, 0.15) is 5.82 Å². The SMILES string of the molecule is Cc1ccc(-c2nnc(S[C@@H](C)C(=O)NCc3ccc(F)cc3)o2)cc1. The van der Waals surface area contributed by atoms with Crippen molar-refractivity contribution in [3.05, 3.63) is 65.5 Å². The number of nitrogens with one attached hydrogen (secondary N) is 1. The van der Waals surface area contributed by atoms with Gasteiger partial charge in [-0.3, -0.25) is 4.79 Å². The van der Waals surface area contributed by atoms with Gasteiger partial charge in [0.25, 0.3) is 5.22 Å². The van der Waals surface area contributed by atoms with Gasteiger partial charge < -0.3 is 9.73 Å². The number of carbonyl (C=O) groups excluding carboxylic acids is 1. The number of carbonyl (C=O) groups is 1. The van der Waals surface area contributed by atoms with Crippen LogP contribution in [0, 0.1) is 12.7 Å². The first-order chi connectivity index (χ1) is 12.5. The van der Waals surface area contributed by atoms with Crippen LogP contribution >= 0.6 is 11.8 Å². The van der Waals surface area contributed by atoms with E-state index in [4.69, 9.17) is 4.42 Å². The van der Waals surface area contributed by atoms with Crippen LogP contribution in [-0.2, 0) is 11.3 Å². The monoisotopic (exact) mass is 371 g/mol. The van der Waals surface area contributed by atoms with E-state index in [-0.39, 0.29) is 11.7 Å². The summed E-state index contributed by atoms with van der Waals surface area (Å²) < 4.78 is 18.5. The Morgan fingerprint density at radius 3 is 2.54 bits per heavy atom. The Morgan fingerprint density at radius 2 is 1.85 bits per heavy atom. The molecule has 134 valence electrons. The third-order valence-corrected chi connectivity index (χ3v) is 4.67. The molecule has 0 saturated carbocycles. The number of hydrogen-bond acceptors (Lipinski definition) is 5. The van der Waals surface area contributed by atoms with E-state index >= 15 is 0 Å². The van der Waals surface area contributed by atoms with Crippen LogP contribution in [-0.4, -0.2) is 21.4 Å². The molecule has 3 aromatic rings. The van der Waals surface area contributed by atoms with E-state index in [2.05, 4.69) is 15.5 Å². The molecule has 0 spiro atoms. The highest BCUT2D eigenvalue weighted by Gasteiger charge is 2.18. The number of thioether (sulfide) groups is 1. The lowest BCUT2D eigenvalue weighted by atomic mass is 10.1. The Kier molecular flexibility index (Phi) is 5.68. The van der Waals surface area contributed by atoms with Crippen molar-refractivity contribution in [1.29, 1.82) is 0 Å². The molecule has 5 nitrogen and oxygen atoms in total. The predicted molar refractivity (Wildman–Crippen MR) is 98.0 cm³/mol. The standard InChI is InChI=1S/C19H18FN3O2S/c1-12-3-7-15(8-4-12)18-22-23-19(25-18)26-13(2)17(24)21-11-14-5-9-16(20)10-6-14/h3-10,13H,11H2,1-2H3,(H,21,24)/t13-/m0/s1. The van der Waals surface area contributed by atoms with Crippen molar-refractivity contribution in [1.82, 2.24) is 15.5 Å². The van der Waals surface area contributed by atoms with Crippen molar-refractivity contribution in [2.75, 3.05) is 0 Å². The van der Waals surface area contributed by atoms with Crippen molar-refractivity contribution < 1.29 is 13.6 Å². The van der Waals surface area contributed by atoms with Crippen molar-refractivity contribution in [3.63, 3.8) is 0 Å². The Balaban J connectivity index is 1.55. The molecule has 0 bridgehead atoms. The molecule has 0 radical (unpaired) electrons. The Bertz CT molecular complexity index is 879. The second-order valence-corrected chi connectivity index (χ2v) is 7.14. The molecule has 0 fully saturated rings. The lowest BCUT2D eigenvalue weighted by molar-refractivity contribution is -0.120. The Hall–Kier alpha value is -2.67. The average Bonchev–Trinajstić information content (AvgIpc) is 3.10. The molecule has 1 N–H and O–H groups in total. The maximum Gasteiger partial charge on any atom is 0.277 e. The van der Waals surface area contributed by atoms with Crippen LogP contribution in [0.2, 0.25) is 0 Å². The summed E-state index contributed by atoms with van der Waals surface area (Å²) in [6.07, 6.45) is 0. The van der Waals surface area contributed by atoms with Crippen LogP contribution in [0.15, 0.2) is 58.2 Å². The number of rotatable bonds is 6. The fourth-order valence-electron chi connectivity index (χ4n) is 2.21. The third kappa shape index (κ3) is 4.70. The van der Waals surface area contributed by atoms with Gasteiger partial charge in [0.05, 0.1) is 5.25 Å². The third-order valence-electron chi connectivity index (χ3n) is 3.73. The smallest absolute Gasteiger partial charge is 0.277 e. The van der Waals surface area contributed by atoms with Gasteiger partial charge >= 0.3 is 0 Å². The Labute approximate surface area is 155 Å². The highest BCUT2D eigenvalue weighted by Crippen LogP contribution is 2.26. The number of amides is 1. The molecule has 0 saturated heterocycles. The minimum absolute atomic E-state index is 0.158. The minimum Gasteiger partial charge on any atom is -0.411 e. The molecule has 1 amide bonds. The van der Waals surface area contributed by atoms with E-state index in [1.165, 1.54) is 23.9 Å². The summed E-state index contributed by atoms with van der Waals surface area (Å²) in [6, 6.07) is 13.8. The highest BCUT2D eigenvalue weighted by molar-refractivity contribution is 8.00. The van der Waals surface area contributed by atoms with Crippen LogP contribution in [0.4, 0.5) is 4.39 Å². The van der Waals surface area contributed by atoms with Crippen molar-refractivity contribution in [2.45, 2.75) is 30.9 Å². The van der Waals surface area contributed by atoms with Gasteiger partial charge in [0.2, 0.25) is 11.8 Å². The molecule has 1 atom stereocenters. The van der Waals surface area contributed by atoms with E-state index in [1.807, 2.05) is 31.2 Å². The number of benzene rings is 2. The fraction of sp³-hybridized carbons (Fsp3) is 0.211. The molecule has 26 heavy (non-hydrogen) atoms. The van der Waals surface area contributed by atoms with Gasteiger partial charge in [-0.25, -0.2) is 4.39 Å². The van der Waals surface area contributed by atoms with E-state index in [9.17, 15) is 9.18 Å². The van der Waals surface area contributed by atoms with E-state index in [0.717, 1.165) is 16.7 Å². The molecule has 3 rings (SSSR count). The van der Waals surface area contributed by atoms with Crippen LogP contribution < -0.4 is 5.32 Å². The first-order valence-electron chi connectivity index (χ1n) is 8.10. The summed E-state index contributed by atoms with van der Waals surface area (Å²) in [7, 11) is 0. The lowest BCUT2D eigenvalue weighted by Crippen LogP contribution is -2.30. The minimum atomic E-state index is -0.401. The van der Waals surface area contributed by atoms with Crippen molar-refractivity contribution in [2.24, 2.45) is 0 Å². The average molecular weight is 371 g/mol. The molecule has 0 aliphatic rings. The van der Waals surface area contributed by atoms with E-state index in [0.29, 0.717) is 17.7 Å². The van der Waals surface area contributed by atoms with Gasteiger partial charge in [0.15, 0.2) is 0 Å². The molecule has 0 aliphatic heterocycles. The normalized spacial score (nSPS) is 12.0. The summed E-state index contributed by atoms with van der Waals surface area (Å²) in [5.74, 6) is -0.0365. The molecule has 0 aliphatic carbocycles. The van der Waals surface area contributed by atoms with Gasteiger partial charge in [-0.15, -0.1) is 10.2 Å². The first kappa shape index (κ1) is 18.1. The quantitative estimate of drug-likeness (QED) is 0.664. The van der Waals surface area contributed by atoms with Crippen molar-refractivity contribution >= 4 is 17.7 Å². The summed E-state index contributed by atoms with van der Waals surface area (Å²) >= 11 is 1.20. The van der Waals surface area contributed by atoms with Crippen LogP contribution in [0.1, 0.15) is 18.1 Å². The zero-order chi connectivity index (χ0) is 18.5. The van der Waals surface area contributed by atoms with Gasteiger partial charge in [0, 0.05) is 12.1 Å². The van der Waals surface area contributed by atoms with E-state index < -0.39 is 5.25 Å². The number of hydrogen-bond donors (Lipinski definition) is 1. The zero-order valence-corrected chi connectivity index (χ0v) is 15.2. The summed E-state index contributed by atoms with van der Waals surface area (Å²) in [6.45, 7) is 4.11. The maximum absolute atomic E-state index is 12.9. The second kappa shape index (κ2) is 8.14. The molecular weight excluding hydrogens is 353 g/mol. The second-order valence-electron chi connectivity index (χ2n) is 5.84. The van der Waals surface area contributed by atoms with E-state index in [1.54, 1.807) is 19.1 Å². The summed E-state index contributed by atoms with van der Waals surface area (Å²) in [5.41, 5.74) is 2.81. The molecular formula is C19H18FN3O2S. The largest absolute Gasteiger partial charge is 0.411 e.